The number of aliphatic carboxylic acids is 1. The van der Waals surface area contributed by atoms with E-state index in [1.807, 2.05) is 0 Å². The highest BCUT2D eigenvalue weighted by Gasteiger charge is 2.22. The zero-order valence-corrected chi connectivity index (χ0v) is 8.89. The molecule has 0 saturated carbocycles. The Bertz CT molecular complexity index is 297. The van der Waals surface area contributed by atoms with Crippen LogP contribution in [0.3, 0.4) is 0 Å². The minimum atomic E-state index is -0.982. The molecule has 0 radical (unpaired) electrons. The van der Waals surface area contributed by atoms with Crippen molar-refractivity contribution in [3.63, 3.8) is 0 Å². The number of piperazine rings is 1. The third kappa shape index (κ3) is 3.41. The van der Waals surface area contributed by atoms with Crippen molar-refractivity contribution in [3.8, 4) is 0 Å². The molecule has 16 heavy (non-hydrogen) atoms. The molecule has 0 unspecified atom stereocenters. The van der Waals surface area contributed by atoms with E-state index in [0.717, 1.165) is 0 Å². The summed E-state index contributed by atoms with van der Waals surface area (Å²) in [6, 6.07) is -0.488. The van der Waals surface area contributed by atoms with Gasteiger partial charge in [0.15, 0.2) is 0 Å². The molecule has 0 aromatic carbocycles. The molecular formula is C9H15N3O4. The zero-order chi connectivity index (χ0) is 12.1. The van der Waals surface area contributed by atoms with Crippen molar-refractivity contribution >= 4 is 17.9 Å². The molecule has 1 rings (SSSR count). The van der Waals surface area contributed by atoms with E-state index in [0.29, 0.717) is 26.2 Å². The maximum absolute atomic E-state index is 11.5. The van der Waals surface area contributed by atoms with Gasteiger partial charge in [0.1, 0.15) is 0 Å². The van der Waals surface area contributed by atoms with Crippen molar-refractivity contribution in [2.24, 2.45) is 5.73 Å². The highest BCUT2D eigenvalue weighted by molar-refractivity contribution is 5.81. The highest BCUT2D eigenvalue weighted by Crippen LogP contribution is 2.04. The lowest BCUT2D eigenvalue weighted by molar-refractivity contribution is -0.141. The van der Waals surface area contributed by atoms with Crippen LogP contribution in [0.4, 0.5) is 4.79 Å². The van der Waals surface area contributed by atoms with Crippen LogP contribution in [0.25, 0.3) is 0 Å². The number of nitrogens with zero attached hydrogens (tertiary/aromatic N) is 2. The van der Waals surface area contributed by atoms with Gasteiger partial charge in [-0.05, 0) is 0 Å². The fourth-order valence-corrected chi connectivity index (χ4v) is 1.55. The van der Waals surface area contributed by atoms with Gasteiger partial charge in [-0.1, -0.05) is 0 Å². The lowest BCUT2D eigenvalue weighted by atomic mass is 10.2. The van der Waals surface area contributed by atoms with E-state index >= 15 is 0 Å². The summed E-state index contributed by atoms with van der Waals surface area (Å²) in [5.74, 6) is -1.17. The molecule has 3 N–H and O–H groups in total. The number of nitrogens with two attached hydrogens (primary N) is 1. The van der Waals surface area contributed by atoms with E-state index in [2.05, 4.69) is 0 Å². The van der Waals surface area contributed by atoms with Gasteiger partial charge in [-0.2, -0.15) is 0 Å². The van der Waals surface area contributed by atoms with Gasteiger partial charge in [-0.15, -0.1) is 0 Å². The monoisotopic (exact) mass is 229 g/mol. The van der Waals surface area contributed by atoms with Crippen molar-refractivity contribution in [1.82, 2.24) is 9.80 Å². The fraction of sp³-hybridized carbons (Fsp3) is 0.667. The molecule has 0 spiro atoms. The van der Waals surface area contributed by atoms with Crippen LogP contribution in [0.15, 0.2) is 0 Å². The molecule has 0 aromatic heterocycles. The summed E-state index contributed by atoms with van der Waals surface area (Å²) < 4.78 is 0. The van der Waals surface area contributed by atoms with Gasteiger partial charge in [0.25, 0.3) is 0 Å². The van der Waals surface area contributed by atoms with Crippen LogP contribution in [-0.4, -0.2) is 59.0 Å². The van der Waals surface area contributed by atoms with Crippen LogP contribution < -0.4 is 5.73 Å². The Morgan fingerprint density at radius 1 is 1.00 bits per heavy atom. The van der Waals surface area contributed by atoms with Gasteiger partial charge < -0.3 is 20.6 Å². The SMILES string of the molecule is NC(=O)N1CCN(C(=O)CCC(=O)O)CC1. The van der Waals surface area contributed by atoms with Gasteiger partial charge in [-0.25, -0.2) is 4.79 Å². The predicted molar refractivity (Wildman–Crippen MR) is 54.6 cm³/mol. The second-order valence-electron chi connectivity index (χ2n) is 3.60. The molecule has 0 bridgehead atoms. The van der Waals surface area contributed by atoms with E-state index in [4.69, 9.17) is 10.8 Å². The molecule has 7 heteroatoms. The predicted octanol–water partition coefficient (Wildman–Crippen LogP) is -0.926. The molecule has 0 atom stereocenters. The second-order valence-corrected chi connectivity index (χ2v) is 3.60. The summed E-state index contributed by atoms with van der Waals surface area (Å²) in [5, 5.41) is 8.44. The first-order valence-corrected chi connectivity index (χ1v) is 5.04. The third-order valence-corrected chi connectivity index (χ3v) is 2.50. The molecule has 0 aromatic rings. The normalized spacial score (nSPS) is 16.0. The van der Waals surface area contributed by atoms with Gasteiger partial charge >= 0.3 is 12.0 Å². The number of hydrogen-bond donors (Lipinski definition) is 2. The number of primary amides is 1. The maximum atomic E-state index is 11.5. The van der Waals surface area contributed by atoms with E-state index in [1.54, 1.807) is 4.90 Å². The molecule has 1 saturated heterocycles. The number of carboxylic acids is 1. The van der Waals surface area contributed by atoms with Gasteiger partial charge in [0.2, 0.25) is 5.91 Å². The molecule has 1 fully saturated rings. The Balaban J connectivity index is 2.33. The zero-order valence-electron chi connectivity index (χ0n) is 8.89. The van der Waals surface area contributed by atoms with Gasteiger partial charge in [-0.3, -0.25) is 9.59 Å². The number of carbonyl (C=O) groups excluding carboxylic acids is 2. The summed E-state index contributed by atoms with van der Waals surface area (Å²) in [4.78, 5) is 35.6. The van der Waals surface area contributed by atoms with Crippen LogP contribution in [-0.2, 0) is 9.59 Å². The van der Waals surface area contributed by atoms with E-state index < -0.39 is 12.0 Å². The number of hydrogen-bond acceptors (Lipinski definition) is 3. The van der Waals surface area contributed by atoms with Gasteiger partial charge in [0, 0.05) is 32.6 Å². The summed E-state index contributed by atoms with van der Waals surface area (Å²) in [7, 11) is 0. The van der Waals surface area contributed by atoms with Gasteiger partial charge in [0.05, 0.1) is 6.42 Å². The Morgan fingerprint density at radius 3 is 1.94 bits per heavy atom. The largest absolute Gasteiger partial charge is 0.481 e. The fourth-order valence-electron chi connectivity index (χ4n) is 1.55. The third-order valence-electron chi connectivity index (χ3n) is 2.50. The Labute approximate surface area is 92.8 Å². The molecule has 0 aliphatic carbocycles. The summed E-state index contributed by atoms with van der Waals surface area (Å²) in [6.07, 6.45) is -0.152. The maximum Gasteiger partial charge on any atom is 0.314 e. The summed E-state index contributed by atoms with van der Waals surface area (Å²) >= 11 is 0. The Kier molecular flexibility index (Phi) is 4.10. The smallest absolute Gasteiger partial charge is 0.314 e. The van der Waals surface area contributed by atoms with Crippen molar-refractivity contribution < 1.29 is 19.5 Å². The number of urea groups is 1. The summed E-state index contributed by atoms with van der Waals surface area (Å²) in [6.45, 7) is 1.66. The first-order chi connectivity index (χ1) is 7.50. The molecule has 3 amide bonds. The van der Waals surface area contributed by atoms with Crippen LogP contribution >= 0.6 is 0 Å². The molecular weight excluding hydrogens is 214 g/mol. The van der Waals surface area contributed by atoms with Crippen LogP contribution in [0.2, 0.25) is 0 Å². The minimum absolute atomic E-state index is 0.00586. The first-order valence-electron chi connectivity index (χ1n) is 5.04. The van der Waals surface area contributed by atoms with E-state index in [-0.39, 0.29) is 18.7 Å². The van der Waals surface area contributed by atoms with Crippen molar-refractivity contribution in [1.29, 1.82) is 0 Å². The van der Waals surface area contributed by atoms with Crippen molar-refractivity contribution in [2.75, 3.05) is 26.2 Å². The average molecular weight is 229 g/mol. The molecule has 90 valence electrons. The van der Waals surface area contributed by atoms with Crippen LogP contribution in [0.5, 0.6) is 0 Å². The molecule has 7 nitrogen and oxygen atoms in total. The number of rotatable bonds is 3. The topological polar surface area (TPSA) is 104 Å². The van der Waals surface area contributed by atoms with E-state index in [9.17, 15) is 14.4 Å². The molecule has 1 heterocycles. The second kappa shape index (κ2) is 5.34. The van der Waals surface area contributed by atoms with E-state index in [1.165, 1.54) is 4.90 Å². The van der Waals surface area contributed by atoms with Crippen molar-refractivity contribution in [2.45, 2.75) is 12.8 Å². The van der Waals surface area contributed by atoms with Crippen LogP contribution in [0.1, 0.15) is 12.8 Å². The summed E-state index contributed by atoms with van der Waals surface area (Å²) in [5.41, 5.74) is 5.09. The lowest BCUT2D eigenvalue weighted by Gasteiger charge is -2.33. The first kappa shape index (κ1) is 12.3. The molecule has 1 aliphatic heterocycles. The lowest BCUT2D eigenvalue weighted by Crippen LogP contribution is -2.52. The number of carboxylic acid groups (broad SMARTS) is 1. The molecule has 1 aliphatic rings. The number of amides is 3. The average Bonchev–Trinajstić information content (AvgIpc) is 2.26. The van der Waals surface area contributed by atoms with Crippen molar-refractivity contribution in [3.05, 3.63) is 0 Å². The standard InChI is InChI=1S/C9H15N3O4/c10-9(16)12-5-3-11(4-6-12)7(13)1-2-8(14)15/h1-6H2,(H2,10,16)(H,14,15). The van der Waals surface area contributed by atoms with Crippen LogP contribution in [0, 0.1) is 0 Å². The Morgan fingerprint density at radius 2 is 1.50 bits per heavy atom. The quantitative estimate of drug-likeness (QED) is 0.652. The Hall–Kier alpha value is -1.79. The highest BCUT2D eigenvalue weighted by atomic mass is 16.4. The number of carbonyl (C=O) groups is 3. The minimum Gasteiger partial charge on any atom is -0.481 e.